The average Bonchev–Trinajstić information content (AvgIpc) is 2.76. The fraction of sp³-hybridized carbons (Fsp3) is 0.417. The Morgan fingerprint density at radius 2 is 2.38 bits per heavy atom. The Balaban J connectivity index is 2.08. The van der Waals surface area contributed by atoms with Crippen molar-refractivity contribution in [2.24, 2.45) is 11.7 Å². The average molecular weight is 330 g/mol. The molecule has 86 valence electrons. The zero-order chi connectivity index (χ0) is 11.5. The van der Waals surface area contributed by atoms with Gasteiger partial charge in [0.25, 0.3) is 5.91 Å². The van der Waals surface area contributed by atoms with Crippen LogP contribution in [0, 0.1) is 9.49 Å². The van der Waals surface area contributed by atoms with E-state index < -0.39 is 0 Å². The van der Waals surface area contributed by atoms with Gasteiger partial charge in [-0.05, 0) is 59.7 Å². The van der Waals surface area contributed by atoms with Gasteiger partial charge in [0.05, 0.1) is 0 Å². The largest absolute Gasteiger partial charge is 0.338 e. The van der Waals surface area contributed by atoms with Gasteiger partial charge in [0.1, 0.15) is 0 Å². The molecule has 0 saturated carbocycles. The molecular formula is C12H15IN2O. The Kier molecular flexibility index (Phi) is 3.81. The SMILES string of the molecule is NC[C@H]1CCN(C(=O)c2cccc(I)c2)C1. The van der Waals surface area contributed by atoms with Crippen LogP contribution in [0.3, 0.4) is 0 Å². The van der Waals surface area contributed by atoms with Crippen molar-refractivity contribution in [3.05, 3.63) is 33.4 Å². The molecule has 1 saturated heterocycles. The zero-order valence-electron chi connectivity index (χ0n) is 9.03. The molecule has 0 aliphatic carbocycles. The number of rotatable bonds is 2. The normalized spacial score (nSPS) is 20.1. The molecule has 2 rings (SSSR count). The van der Waals surface area contributed by atoms with E-state index in [9.17, 15) is 4.79 Å². The van der Waals surface area contributed by atoms with Crippen molar-refractivity contribution < 1.29 is 4.79 Å². The molecule has 0 bridgehead atoms. The van der Waals surface area contributed by atoms with E-state index in [1.807, 2.05) is 29.2 Å². The standard InChI is InChI=1S/C12H15IN2O/c13-11-3-1-2-10(6-11)12(16)15-5-4-9(7-14)8-15/h1-3,6,9H,4-5,7-8,14H2/t9-/m1/s1. The summed E-state index contributed by atoms with van der Waals surface area (Å²) in [7, 11) is 0. The number of nitrogens with zero attached hydrogens (tertiary/aromatic N) is 1. The topological polar surface area (TPSA) is 46.3 Å². The summed E-state index contributed by atoms with van der Waals surface area (Å²) in [6.07, 6.45) is 1.03. The lowest BCUT2D eigenvalue weighted by atomic mass is 10.1. The van der Waals surface area contributed by atoms with E-state index in [-0.39, 0.29) is 5.91 Å². The van der Waals surface area contributed by atoms with E-state index in [1.165, 1.54) is 0 Å². The Morgan fingerprint density at radius 3 is 3.00 bits per heavy atom. The third-order valence-electron chi connectivity index (χ3n) is 2.98. The fourth-order valence-electron chi connectivity index (χ4n) is 2.01. The van der Waals surface area contributed by atoms with Crippen molar-refractivity contribution in [1.82, 2.24) is 4.90 Å². The van der Waals surface area contributed by atoms with Crippen LogP contribution in [-0.2, 0) is 0 Å². The first kappa shape index (κ1) is 11.9. The minimum atomic E-state index is 0.134. The Hall–Kier alpha value is -0.620. The van der Waals surface area contributed by atoms with Crippen LogP contribution in [-0.4, -0.2) is 30.4 Å². The van der Waals surface area contributed by atoms with E-state index in [2.05, 4.69) is 22.6 Å². The third kappa shape index (κ3) is 2.55. The van der Waals surface area contributed by atoms with E-state index in [0.717, 1.165) is 28.6 Å². The molecule has 1 aliphatic heterocycles. The second-order valence-electron chi connectivity index (χ2n) is 4.15. The number of amides is 1. The van der Waals surface area contributed by atoms with E-state index in [0.29, 0.717) is 12.5 Å². The number of hydrogen-bond acceptors (Lipinski definition) is 2. The van der Waals surface area contributed by atoms with Crippen LogP contribution in [0.25, 0.3) is 0 Å². The molecule has 0 spiro atoms. The van der Waals surface area contributed by atoms with E-state index >= 15 is 0 Å². The summed E-state index contributed by atoms with van der Waals surface area (Å²) in [6.45, 7) is 2.32. The minimum absolute atomic E-state index is 0.134. The summed E-state index contributed by atoms with van der Waals surface area (Å²) in [5.74, 6) is 0.612. The predicted octanol–water partition coefficient (Wildman–Crippen LogP) is 1.71. The van der Waals surface area contributed by atoms with Gasteiger partial charge in [-0.25, -0.2) is 0 Å². The second-order valence-corrected chi connectivity index (χ2v) is 5.40. The van der Waals surface area contributed by atoms with E-state index in [4.69, 9.17) is 5.73 Å². The fourth-order valence-corrected chi connectivity index (χ4v) is 2.56. The maximum absolute atomic E-state index is 12.1. The number of benzene rings is 1. The molecule has 16 heavy (non-hydrogen) atoms. The van der Waals surface area contributed by atoms with Gasteiger partial charge < -0.3 is 10.6 Å². The molecule has 1 aromatic rings. The summed E-state index contributed by atoms with van der Waals surface area (Å²) in [6, 6.07) is 7.72. The second kappa shape index (κ2) is 5.14. The first-order valence-electron chi connectivity index (χ1n) is 5.45. The first-order valence-corrected chi connectivity index (χ1v) is 6.53. The number of carbonyl (C=O) groups excluding carboxylic acids is 1. The van der Waals surface area contributed by atoms with Gasteiger partial charge in [-0.1, -0.05) is 6.07 Å². The molecule has 1 heterocycles. The molecule has 1 atom stereocenters. The first-order chi connectivity index (χ1) is 7.70. The maximum atomic E-state index is 12.1. The van der Waals surface area contributed by atoms with Gasteiger partial charge >= 0.3 is 0 Å². The minimum Gasteiger partial charge on any atom is -0.338 e. The lowest BCUT2D eigenvalue weighted by Crippen LogP contribution is -2.29. The lowest BCUT2D eigenvalue weighted by Gasteiger charge is -2.16. The van der Waals surface area contributed by atoms with Crippen LogP contribution in [0.4, 0.5) is 0 Å². The van der Waals surface area contributed by atoms with E-state index in [1.54, 1.807) is 0 Å². The predicted molar refractivity (Wildman–Crippen MR) is 72.2 cm³/mol. The summed E-state index contributed by atoms with van der Waals surface area (Å²) in [5, 5.41) is 0. The quantitative estimate of drug-likeness (QED) is 0.840. The molecule has 1 amide bonds. The summed E-state index contributed by atoms with van der Waals surface area (Å²) < 4.78 is 1.10. The van der Waals surface area contributed by atoms with Crippen LogP contribution in [0.15, 0.2) is 24.3 Å². The van der Waals surface area contributed by atoms with Gasteiger partial charge in [-0.15, -0.1) is 0 Å². The number of likely N-dealkylation sites (tertiary alicyclic amines) is 1. The third-order valence-corrected chi connectivity index (χ3v) is 3.65. The number of carbonyl (C=O) groups is 1. The highest BCUT2D eigenvalue weighted by Crippen LogP contribution is 2.18. The van der Waals surface area contributed by atoms with Gasteiger partial charge in [-0.3, -0.25) is 4.79 Å². The summed E-state index contributed by atoms with van der Waals surface area (Å²) >= 11 is 2.22. The number of hydrogen-bond donors (Lipinski definition) is 1. The maximum Gasteiger partial charge on any atom is 0.253 e. The summed E-state index contributed by atoms with van der Waals surface area (Å²) in [4.78, 5) is 14.0. The highest BCUT2D eigenvalue weighted by Gasteiger charge is 2.25. The van der Waals surface area contributed by atoms with Crippen molar-refractivity contribution in [3.63, 3.8) is 0 Å². The summed E-state index contributed by atoms with van der Waals surface area (Å²) in [5.41, 5.74) is 6.40. The number of halogens is 1. The molecule has 2 N–H and O–H groups in total. The van der Waals surface area contributed by atoms with Gasteiger partial charge in [0, 0.05) is 22.2 Å². The Bertz CT molecular complexity index is 394. The molecular weight excluding hydrogens is 315 g/mol. The van der Waals surface area contributed by atoms with Crippen LogP contribution in [0.2, 0.25) is 0 Å². The number of nitrogens with two attached hydrogens (primary N) is 1. The molecule has 1 aromatic carbocycles. The Morgan fingerprint density at radius 1 is 1.56 bits per heavy atom. The molecule has 3 nitrogen and oxygen atoms in total. The van der Waals surface area contributed by atoms with Crippen molar-refractivity contribution in [3.8, 4) is 0 Å². The lowest BCUT2D eigenvalue weighted by molar-refractivity contribution is 0.0787. The Labute approximate surface area is 109 Å². The van der Waals surface area contributed by atoms with Crippen molar-refractivity contribution in [2.45, 2.75) is 6.42 Å². The van der Waals surface area contributed by atoms with Crippen molar-refractivity contribution >= 4 is 28.5 Å². The van der Waals surface area contributed by atoms with Gasteiger partial charge in [0.2, 0.25) is 0 Å². The molecule has 4 heteroatoms. The monoisotopic (exact) mass is 330 g/mol. The highest BCUT2D eigenvalue weighted by molar-refractivity contribution is 14.1. The van der Waals surface area contributed by atoms with Gasteiger partial charge in [0.15, 0.2) is 0 Å². The smallest absolute Gasteiger partial charge is 0.253 e. The van der Waals surface area contributed by atoms with Gasteiger partial charge in [-0.2, -0.15) is 0 Å². The molecule has 0 unspecified atom stereocenters. The van der Waals surface area contributed by atoms with Crippen molar-refractivity contribution in [2.75, 3.05) is 19.6 Å². The zero-order valence-corrected chi connectivity index (χ0v) is 11.2. The van der Waals surface area contributed by atoms with Crippen LogP contribution < -0.4 is 5.73 Å². The molecule has 0 aromatic heterocycles. The molecule has 0 radical (unpaired) electrons. The highest BCUT2D eigenvalue weighted by atomic mass is 127. The molecule has 1 fully saturated rings. The van der Waals surface area contributed by atoms with Crippen LogP contribution >= 0.6 is 22.6 Å². The van der Waals surface area contributed by atoms with Crippen molar-refractivity contribution in [1.29, 1.82) is 0 Å². The molecule has 1 aliphatic rings. The van der Waals surface area contributed by atoms with Crippen LogP contribution in [0.1, 0.15) is 16.8 Å². The van der Waals surface area contributed by atoms with Crippen LogP contribution in [0.5, 0.6) is 0 Å².